The van der Waals surface area contributed by atoms with Crippen LogP contribution in [-0.2, 0) is 4.74 Å². The van der Waals surface area contributed by atoms with Crippen molar-refractivity contribution < 1.29 is 14.6 Å². The van der Waals surface area contributed by atoms with Gasteiger partial charge in [0.2, 0.25) is 0 Å². The Hall–Kier alpha value is -2.34. The fraction of sp³-hybridized carbons (Fsp3) is 0.375. The summed E-state index contributed by atoms with van der Waals surface area (Å²) >= 11 is 0. The highest BCUT2D eigenvalue weighted by Crippen LogP contribution is 2.26. The zero-order valence-corrected chi connectivity index (χ0v) is 13.3. The summed E-state index contributed by atoms with van der Waals surface area (Å²) in [6.45, 7) is 3.76. The Morgan fingerprint density at radius 3 is 2.55 bits per heavy atom. The minimum Gasteiger partial charge on any atom is -0.461 e. The van der Waals surface area contributed by atoms with E-state index in [2.05, 4.69) is 10.2 Å². The largest absolute Gasteiger partial charge is 0.461 e. The maximum Gasteiger partial charge on any atom is 0.359 e. The molecule has 2 aromatic rings. The quantitative estimate of drug-likeness (QED) is 0.826. The van der Waals surface area contributed by atoms with Crippen molar-refractivity contribution in [1.82, 2.24) is 10.2 Å². The summed E-state index contributed by atoms with van der Waals surface area (Å²) in [4.78, 5) is 13.7. The van der Waals surface area contributed by atoms with E-state index in [1.165, 1.54) is 0 Å². The van der Waals surface area contributed by atoms with E-state index in [1.807, 2.05) is 43.3 Å². The van der Waals surface area contributed by atoms with Gasteiger partial charge in [-0.2, -0.15) is 5.10 Å². The lowest BCUT2D eigenvalue weighted by molar-refractivity contribution is 0.0518. The molecule has 6 heteroatoms. The van der Waals surface area contributed by atoms with Gasteiger partial charge in [-0.05, 0) is 31.5 Å². The number of rotatable bonds is 5. The van der Waals surface area contributed by atoms with Gasteiger partial charge in [-0.25, -0.2) is 4.79 Å². The molecule has 1 aromatic carbocycles. The summed E-state index contributed by atoms with van der Waals surface area (Å²) < 4.78 is 4.94. The minimum absolute atomic E-state index is 0.209. The van der Waals surface area contributed by atoms with Gasteiger partial charge in [-0.1, -0.05) is 12.1 Å². The number of H-pyrrole nitrogens is 1. The molecule has 6 nitrogen and oxygen atoms in total. The van der Waals surface area contributed by atoms with Crippen LogP contribution in [0.4, 0.5) is 5.69 Å². The third kappa shape index (κ3) is 3.12. The SMILES string of the molecule is CCOC(=O)c1n[nH]c(C(O)c2ccc(N(C)C)cc2)c1C. The molecule has 0 bridgehead atoms. The monoisotopic (exact) mass is 303 g/mol. The van der Waals surface area contributed by atoms with Gasteiger partial charge in [0.05, 0.1) is 12.3 Å². The number of nitrogens with one attached hydrogen (secondary N) is 1. The number of nitrogens with zero attached hydrogens (tertiary/aromatic N) is 2. The van der Waals surface area contributed by atoms with E-state index >= 15 is 0 Å². The van der Waals surface area contributed by atoms with Gasteiger partial charge in [0.15, 0.2) is 5.69 Å². The number of hydrogen-bond acceptors (Lipinski definition) is 5. The molecular weight excluding hydrogens is 282 g/mol. The lowest BCUT2D eigenvalue weighted by atomic mass is 10.0. The van der Waals surface area contributed by atoms with Crippen LogP contribution in [0.5, 0.6) is 0 Å². The Labute approximate surface area is 129 Å². The van der Waals surface area contributed by atoms with Crippen molar-refractivity contribution >= 4 is 11.7 Å². The predicted octanol–water partition coefficient (Wildman–Crippen LogP) is 2.04. The minimum atomic E-state index is -0.869. The van der Waals surface area contributed by atoms with Gasteiger partial charge < -0.3 is 14.7 Å². The van der Waals surface area contributed by atoms with E-state index in [0.717, 1.165) is 11.3 Å². The molecule has 1 aromatic heterocycles. The number of aromatic nitrogens is 2. The van der Waals surface area contributed by atoms with Crippen molar-refractivity contribution in [3.8, 4) is 0 Å². The molecule has 2 rings (SSSR count). The Balaban J connectivity index is 2.26. The number of aliphatic hydroxyl groups is 1. The van der Waals surface area contributed by atoms with Gasteiger partial charge in [-0.15, -0.1) is 0 Å². The average molecular weight is 303 g/mol. The lowest BCUT2D eigenvalue weighted by Gasteiger charge is -2.15. The molecule has 0 saturated carbocycles. The zero-order chi connectivity index (χ0) is 16.3. The highest BCUT2D eigenvalue weighted by molar-refractivity contribution is 5.89. The highest BCUT2D eigenvalue weighted by Gasteiger charge is 2.22. The van der Waals surface area contributed by atoms with Crippen LogP contribution in [0.3, 0.4) is 0 Å². The number of aliphatic hydroxyl groups excluding tert-OH is 1. The van der Waals surface area contributed by atoms with Crippen LogP contribution in [0.1, 0.15) is 40.3 Å². The number of carbonyl (C=O) groups is 1. The molecule has 0 amide bonds. The fourth-order valence-corrected chi connectivity index (χ4v) is 2.20. The highest BCUT2D eigenvalue weighted by atomic mass is 16.5. The summed E-state index contributed by atoms with van der Waals surface area (Å²) in [6, 6.07) is 7.56. The molecule has 0 spiro atoms. The molecule has 1 unspecified atom stereocenters. The number of carbonyl (C=O) groups excluding carboxylic acids is 1. The van der Waals surface area contributed by atoms with Crippen LogP contribution >= 0.6 is 0 Å². The summed E-state index contributed by atoms with van der Waals surface area (Å²) in [5.74, 6) is -0.488. The van der Waals surface area contributed by atoms with Crippen LogP contribution in [0.15, 0.2) is 24.3 Å². The first kappa shape index (κ1) is 16.0. The number of esters is 1. The molecule has 0 fully saturated rings. The van der Waals surface area contributed by atoms with Gasteiger partial charge in [-0.3, -0.25) is 5.10 Å². The van der Waals surface area contributed by atoms with E-state index < -0.39 is 12.1 Å². The zero-order valence-electron chi connectivity index (χ0n) is 13.3. The summed E-state index contributed by atoms with van der Waals surface area (Å²) in [5, 5.41) is 17.2. The molecule has 0 aliphatic rings. The second-order valence-corrected chi connectivity index (χ2v) is 5.22. The Morgan fingerprint density at radius 2 is 2.00 bits per heavy atom. The Bertz CT molecular complexity index is 647. The van der Waals surface area contributed by atoms with Crippen molar-refractivity contribution in [2.24, 2.45) is 0 Å². The maximum atomic E-state index is 11.8. The first-order chi connectivity index (χ1) is 10.5. The van der Waals surface area contributed by atoms with Gasteiger partial charge in [0, 0.05) is 25.3 Å². The molecular formula is C16H21N3O3. The topological polar surface area (TPSA) is 78.4 Å². The molecule has 0 saturated heterocycles. The van der Waals surface area contributed by atoms with Gasteiger partial charge in [0.25, 0.3) is 0 Å². The van der Waals surface area contributed by atoms with E-state index in [1.54, 1.807) is 13.8 Å². The second-order valence-electron chi connectivity index (χ2n) is 5.22. The number of anilines is 1. The Kier molecular flexibility index (Phi) is 4.82. The normalized spacial score (nSPS) is 12.0. The van der Waals surface area contributed by atoms with Crippen LogP contribution < -0.4 is 4.90 Å². The number of ether oxygens (including phenoxy) is 1. The van der Waals surface area contributed by atoms with Crippen LogP contribution in [0.2, 0.25) is 0 Å². The average Bonchev–Trinajstić information content (AvgIpc) is 2.88. The number of aromatic amines is 1. The van der Waals surface area contributed by atoms with Gasteiger partial charge >= 0.3 is 5.97 Å². The van der Waals surface area contributed by atoms with Crippen LogP contribution in [-0.4, -0.2) is 42.0 Å². The van der Waals surface area contributed by atoms with Crippen molar-refractivity contribution in [1.29, 1.82) is 0 Å². The van der Waals surface area contributed by atoms with Crippen molar-refractivity contribution in [3.05, 3.63) is 46.8 Å². The van der Waals surface area contributed by atoms with Crippen molar-refractivity contribution in [2.75, 3.05) is 25.6 Å². The first-order valence-corrected chi connectivity index (χ1v) is 7.13. The molecule has 118 valence electrons. The second kappa shape index (κ2) is 6.62. The van der Waals surface area contributed by atoms with Crippen LogP contribution in [0, 0.1) is 6.92 Å². The van der Waals surface area contributed by atoms with E-state index in [4.69, 9.17) is 4.74 Å². The van der Waals surface area contributed by atoms with E-state index in [9.17, 15) is 9.90 Å². The fourth-order valence-electron chi connectivity index (χ4n) is 2.20. The molecule has 0 aliphatic heterocycles. The molecule has 2 N–H and O–H groups in total. The first-order valence-electron chi connectivity index (χ1n) is 7.13. The van der Waals surface area contributed by atoms with Crippen molar-refractivity contribution in [3.63, 3.8) is 0 Å². The predicted molar refractivity (Wildman–Crippen MR) is 84.1 cm³/mol. The number of hydrogen-bond donors (Lipinski definition) is 2. The number of benzene rings is 1. The van der Waals surface area contributed by atoms with Crippen LogP contribution in [0.25, 0.3) is 0 Å². The van der Waals surface area contributed by atoms with Gasteiger partial charge in [0.1, 0.15) is 6.10 Å². The molecule has 0 radical (unpaired) electrons. The molecule has 1 atom stereocenters. The van der Waals surface area contributed by atoms with E-state index in [-0.39, 0.29) is 12.3 Å². The maximum absolute atomic E-state index is 11.8. The third-order valence-corrected chi connectivity index (χ3v) is 3.51. The summed E-state index contributed by atoms with van der Waals surface area (Å²) in [5.41, 5.74) is 3.08. The summed E-state index contributed by atoms with van der Waals surface area (Å²) in [6.07, 6.45) is -0.869. The molecule has 0 aliphatic carbocycles. The Morgan fingerprint density at radius 1 is 1.36 bits per heavy atom. The molecule has 22 heavy (non-hydrogen) atoms. The smallest absolute Gasteiger partial charge is 0.359 e. The standard InChI is InChI=1S/C16H21N3O3/c1-5-22-16(21)14-10(2)13(17-18-14)15(20)11-6-8-12(9-7-11)19(3)4/h6-9,15,20H,5H2,1-4H3,(H,17,18). The molecule has 1 heterocycles. The lowest BCUT2D eigenvalue weighted by Crippen LogP contribution is -2.09. The van der Waals surface area contributed by atoms with Crippen molar-refractivity contribution in [2.45, 2.75) is 20.0 Å². The van der Waals surface area contributed by atoms with E-state index in [0.29, 0.717) is 11.3 Å². The third-order valence-electron chi connectivity index (χ3n) is 3.51. The summed E-state index contributed by atoms with van der Waals surface area (Å²) in [7, 11) is 3.91.